The minimum Gasteiger partial charge on any atom is -0.481 e. The van der Waals surface area contributed by atoms with Crippen LogP contribution in [0.5, 0.6) is 0 Å². The molecule has 2 aromatic carbocycles. The molecule has 2 N–H and O–H groups in total. The fourth-order valence-corrected chi connectivity index (χ4v) is 5.29. The molecule has 1 heterocycles. The van der Waals surface area contributed by atoms with Gasteiger partial charge in [0.1, 0.15) is 12.6 Å². The number of aliphatic carboxylic acids is 1. The maximum Gasteiger partial charge on any atom is 0.407 e. The SMILES string of the molecule is CCC1CCCCN(C(=O)C(CCC(=O)O)NC(=O)OCC2c3ccccc3-c3ccccc32)C1. The number of carbonyl (C=O) groups is 3. The molecule has 35 heavy (non-hydrogen) atoms. The molecule has 0 saturated carbocycles. The zero-order valence-corrected chi connectivity index (χ0v) is 20.2. The van der Waals surface area contributed by atoms with Crippen molar-refractivity contribution in [3.05, 3.63) is 59.7 Å². The van der Waals surface area contributed by atoms with E-state index in [-0.39, 0.29) is 31.3 Å². The number of carboxylic acid groups (broad SMARTS) is 1. The molecule has 2 atom stereocenters. The Balaban J connectivity index is 1.43. The topological polar surface area (TPSA) is 95.9 Å². The predicted octanol–water partition coefficient (Wildman–Crippen LogP) is 4.80. The molecule has 2 aromatic rings. The zero-order chi connectivity index (χ0) is 24.8. The molecule has 1 aliphatic heterocycles. The highest BCUT2D eigenvalue weighted by molar-refractivity contribution is 5.86. The minimum atomic E-state index is -1.00. The first-order chi connectivity index (χ1) is 17.0. The van der Waals surface area contributed by atoms with Crippen molar-refractivity contribution in [3.63, 3.8) is 0 Å². The van der Waals surface area contributed by atoms with Gasteiger partial charge in [0.25, 0.3) is 0 Å². The van der Waals surface area contributed by atoms with E-state index in [9.17, 15) is 19.5 Å². The smallest absolute Gasteiger partial charge is 0.407 e. The summed E-state index contributed by atoms with van der Waals surface area (Å²) in [4.78, 5) is 39.1. The van der Waals surface area contributed by atoms with Crippen molar-refractivity contribution in [2.45, 2.75) is 57.4 Å². The summed E-state index contributed by atoms with van der Waals surface area (Å²) >= 11 is 0. The number of amides is 2. The van der Waals surface area contributed by atoms with Gasteiger partial charge in [0.05, 0.1) is 0 Å². The molecule has 1 saturated heterocycles. The van der Waals surface area contributed by atoms with Gasteiger partial charge >= 0.3 is 12.1 Å². The van der Waals surface area contributed by atoms with Gasteiger partial charge in [0, 0.05) is 25.4 Å². The molecule has 7 heteroatoms. The van der Waals surface area contributed by atoms with Crippen LogP contribution in [0, 0.1) is 5.92 Å². The van der Waals surface area contributed by atoms with Gasteiger partial charge in [-0.15, -0.1) is 0 Å². The average Bonchev–Trinajstić information content (AvgIpc) is 3.00. The number of benzene rings is 2. The zero-order valence-electron chi connectivity index (χ0n) is 20.2. The number of rotatable bonds is 8. The van der Waals surface area contributed by atoms with E-state index in [1.165, 1.54) is 0 Å². The summed E-state index contributed by atoms with van der Waals surface area (Å²) < 4.78 is 5.61. The number of hydrogen-bond donors (Lipinski definition) is 2. The van der Waals surface area contributed by atoms with Crippen LogP contribution >= 0.6 is 0 Å². The van der Waals surface area contributed by atoms with Crippen LogP contribution in [0.2, 0.25) is 0 Å². The van der Waals surface area contributed by atoms with Gasteiger partial charge < -0.3 is 20.1 Å². The molecule has 1 aliphatic carbocycles. The Labute approximate surface area is 206 Å². The maximum atomic E-state index is 13.3. The molecule has 2 unspecified atom stereocenters. The van der Waals surface area contributed by atoms with E-state index < -0.39 is 18.1 Å². The van der Waals surface area contributed by atoms with Crippen LogP contribution in [0.25, 0.3) is 11.1 Å². The standard InChI is InChI=1S/C28H34N2O5/c1-2-19-9-7-8-16-30(17-19)27(33)25(14-15-26(31)32)29-28(34)35-18-24-22-12-5-3-10-20(22)21-11-4-6-13-23(21)24/h3-6,10-13,19,24-25H,2,7-9,14-18H2,1H3,(H,29,34)(H,31,32). The molecule has 1 fully saturated rings. The molecule has 0 radical (unpaired) electrons. The van der Waals surface area contributed by atoms with Crippen LogP contribution < -0.4 is 5.32 Å². The van der Waals surface area contributed by atoms with Gasteiger partial charge in [-0.25, -0.2) is 4.79 Å². The van der Waals surface area contributed by atoms with E-state index in [0.717, 1.165) is 47.9 Å². The number of alkyl carbamates (subject to hydrolysis) is 1. The lowest BCUT2D eigenvalue weighted by Gasteiger charge is -2.28. The number of carbonyl (C=O) groups excluding carboxylic acids is 2. The maximum absolute atomic E-state index is 13.3. The van der Waals surface area contributed by atoms with Crippen LogP contribution in [0.15, 0.2) is 48.5 Å². The predicted molar refractivity (Wildman–Crippen MR) is 133 cm³/mol. The summed E-state index contributed by atoms with van der Waals surface area (Å²) in [7, 11) is 0. The van der Waals surface area contributed by atoms with Crippen molar-refractivity contribution in [1.82, 2.24) is 10.2 Å². The first-order valence-electron chi connectivity index (χ1n) is 12.6. The summed E-state index contributed by atoms with van der Waals surface area (Å²) in [5.74, 6) is -0.882. The molecule has 7 nitrogen and oxygen atoms in total. The third kappa shape index (κ3) is 5.84. The molecule has 186 valence electrons. The number of likely N-dealkylation sites (tertiary alicyclic amines) is 1. The van der Waals surface area contributed by atoms with E-state index >= 15 is 0 Å². The number of nitrogens with zero attached hydrogens (tertiary/aromatic N) is 1. The van der Waals surface area contributed by atoms with Crippen LogP contribution in [0.4, 0.5) is 4.79 Å². The molecule has 0 bridgehead atoms. The number of ether oxygens (including phenoxy) is 1. The Morgan fingerprint density at radius 2 is 1.71 bits per heavy atom. The minimum absolute atomic E-state index is 0.0334. The Kier molecular flexibility index (Phi) is 8.06. The average molecular weight is 479 g/mol. The lowest BCUT2D eigenvalue weighted by Crippen LogP contribution is -2.50. The van der Waals surface area contributed by atoms with Gasteiger partial charge in [-0.2, -0.15) is 0 Å². The van der Waals surface area contributed by atoms with Crippen LogP contribution in [0.3, 0.4) is 0 Å². The first kappa shape index (κ1) is 24.8. The van der Waals surface area contributed by atoms with Crippen LogP contribution in [-0.2, 0) is 14.3 Å². The Bertz CT molecular complexity index is 1020. The largest absolute Gasteiger partial charge is 0.481 e. The van der Waals surface area contributed by atoms with Crippen LogP contribution in [-0.4, -0.2) is 53.7 Å². The van der Waals surface area contributed by atoms with E-state index in [4.69, 9.17) is 4.74 Å². The lowest BCUT2D eigenvalue weighted by molar-refractivity contribution is -0.138. The number of carboxylic acids is 1. The van der Waals surface area contributed by atoms with Crippen molar-refractivity contribution < 1.29 is 24.2 Å². The number of fused-ring (bicyclic) bond motifs is 3. The highest BCUT2D eigenvalue weighted by atomic mass is 16.5. The summed E-state index contributed by atoms with van der Waals surface area (Å²) in [5.41, 5.74) is 4.49. The van der Waals surface area contributed by atoms with Gasteiger partial charge in [0.15, 0.2) is 0 Å². The second-order valence-electron chi connectivity index (χ2n) is 9.51. The van der Waals surface area contributed by atoms with E-state index in [1.54, 1.807) is 4.90 Å². The highest BCUT2D eigenvalue weighted by Gasteiger charge is 2.32. The number of hydrogen-bond acceptors (Lipinski definition) is 4. The van der Waals surface area contributed by atoms with Gasteiger partial charge in [0.2, 0.25) is 5.91 Å². The monoisotopic (exact) mass is 478 g/mol. The third-order valence-corrected chi connectivity index (χ3v) is 7.24. The van der Waals surface area contributed by atoms with Crippen molar-refractivity contribution in [2.24, 2.45) is 5.92 Å². The van der Waals surface area contributed by atoms with Gasteiger partial charge in [-0.05, 0) is 47.4 Å². The molecule has 2 aliphatic rings. The van der Waals surface area contributed by atoms with E-state index in [2.05, 4.69) is 24.4 Å². The lowest BCUT2D eigenvalue weighted by atomic mass is 9.98. The second-order valence-corrected chi connectivity index (χ2v) is 9.51. The molecule has 4 rings (SSSR count). The highest BCUT2D eigenvalue weighted by Crippen LogP contribution is 2.44. The summed E-state index contributed by atoms with van der Waals surface area (Å²) in [6, 6.07) is 15.3. The Morgan fingerprint density at radius 3 is 2.34 bits per heavy atom. The Morgan fingerprint density at radius 1 is 1.06 bits per heavy atom. The molecule has 2 amide bonds. The number of nitrogens with one attached hydrogen (secondary N) is 1. The van der Waals surface area contributed by atoms with Gasteiger partial charge in [-0.3, -0.25) is 9.59 Å². The third-order valence-electron chi connectivity index (χ3n) is 7.24. The molecular formula is C28H34N2O5. The molecule has 0 aromatic heterocycles. The van der Waals surface area contributed by atoms with Crippen molar-refractivity contribution in [1.29, 1.82) is 0 Å². The quantitative estimate of drug-likeness (QED) is 0.568. The molecule has 0 spiro atoms. The van der Waals surface area contributed by atoms with E-state index in [0.29, 0.717) is 19.0 Å². The summed E-state index contributed by atoms with van der Waals surface area (Å²) in [5, 5.41) is 11.9. The molecular weight excluding hydrogens is 444 g/mol. The fourth-order valence-electron chi connectivity index (χ4n) is 5.29. The normalized spacial score (nSPS) is 18.2. The Hall–Kier alpha value is -3.35. The first-order valence-corrected chi connectivity index (χ1v) is 12.6. The van der Waals surface area contributed by atoms with Crippen LogP contribution in [0.1, 0.15) is 62.5 Å². The summed E-state index contributed by atoms with van der Waals surface area (Å²) in [6.07, 6.45) is 3.19. The van der Waals surface area contributed by atoms with Crippen molar-refractivity contribution in [2.75, 3.05) is 19.7 Å². The van der Waals surface area contributed by atoms with Crippen molar-refractivity contribution in [3.8, 4) is 11.1 Å². The van der Waals surface area contributed by atoms with E-state index in [1.807, 2.05) is 36.4 Å². The fraction of sp³-hybridized carbons (Fsp3) is 0.464. The van der Waals surface area contributed by atoms with Gasteiger partial charge in [-0.1, -0.05) is 68.3 Å². The van der Waals surface area contributed by atoms with Crippen molar-refractivity contribution >= 4 is 18.0 Å². The summed E-state index contributed by atoms with van der Waals surface area (Å²) in [6.45, 7) is 3.54. The second kappa shape index (κ2) is 11.4.